The molecule has 4 nitrogen and oxygen atoms in total. The van der Waals surface area contributed by atoms with Crippen molar-refractivity contribution in [1.82, 2.24) is 4.90 Å². The maximum atomic E-state index is 12.9. The summed E-state index contributed by atoms with van der Waals surface area (Å²) in [6.07, 6.45) is 0.882. The van der Waals surface area contributed by atoms with E-state index in [1.54, 1.807) is 4.90 Å². The van der Waals surface area contributed by atoms with Crippen LogP contribution in [0.5, 0.6) is 0 Å². The van der Waals surface area contributed by atoms with Crippen molar-refractivity contribution >= 4 is 11.9 Å². The molecule has 1 heterocycles. The van der Waals surface area contributed by atoms with Gasteiger partial charge in [-0.25, -0.2) is 0 Å². The Labute approximate surface area is 135 Å². The molecule has 1 atom stereocenters. The molecule has 23 heavy (non-hydrogen) atoms. The van der Waals surface area contributed by atoms with Gasteiger partial charge in [-0.3, -0.25) is 9.59 Å². The average Bonchev–Trinajstić information content (AvgIpc) is 2.59. The van der Waals surface area contributed by atoms with Crippen molar-refractivity contribution in [3.05, 3.63) is 71.3 Å². The quantitative estimate of drug-likeness (QED) is 0.816. The first-order valence-electron chi connectivity index (χ1n) is 7.68. The van der Waals surface area contributed by atoms with Gasteiger partial charge in [-0.2, -0.15) is 0 Å². The minimum atomic E-state index is -0.291. The maximum absolute atomic E-state index is 12.9. The summed E-state index contributed by atoms with van der Waals surface area (Å²) in [4.78, 5) is 26.4. The molecule has 0 spiro atoms. The standard InChI is InChI=1S/C19H19NO3/c1-23-18(21)12-16-11-15-9-5-6-10-17(15)19(22)20(16)13-14-7-3-2-4-8-14/h2-10,16H,11-13H2,1H3. The van der Waals surface area contributed by atoms with Crippen molar-refractivity contribution in [3.8, 4) is 0 Å². The Hall–Kier alpha value is -2.62. The van der Waals surface area contributed by atoms with Gasteiger partial charge < -0.3 is 9.64 Å². The molecule has 2 aromatic carbocycles. The zero-order valence-electron chi connectivity index (χ0n) is 13.1. The van der Waals surface area contributed by atoms with Crippen LogP contribution in [0.15, 0.2) is 54.6 Å². The van der Waals surface area contributed by atoms with E-state index in [2.05, 4.69) is 0 Å². The van der Waals surface area contributed by atoms with Gasteiger partial charge in [-0.1, -0.05) is 48.5 Å². The van der Waals surface area contributed by atoms with Gasteiger partial charge in [0.2, 0.25) is 0 Å². The van der Waals surface area contributed by atoms with Crippen LogP contribution in [0.1, 0.15) is 27.9 Å². The number of benzene rings is 2. The first-order chi connectivity index (χ1) is 11.2. The molecule has 0 bridgehead atoms. The molecule has 1 aliphatic heterocycles. The minimum absolute atomic E-state index is 0.0235. The minimum Gasteiger partial charge on any atom is -0.469 e. The molecular formula is C19H19NO3. The molecule has 1 unspecified atom stereocenters. The molecule has 0 saturated carbocycles. The van der Waals surface area contributed by atoms with Crippen molar-refractivity contribution in [3.63, 3.8) is 0 Å². The highest BCUT2D eigenvalue weighted by molar-refractivity contribution is 5.97. The second-order valence-electron chi connectivity index (χ2n) is 5.71. The number of hydrogen-bond donors (Lipinski definition) is 0. The number of hydrogen-bond acceptors (Lipinski definition) is 3. The fourth-order valence-electron chi connectivity index (χ4n) is 3.03. The van der Waals surface area contributed by atoms with Gasteiger partial charge in [0.15, 0.2) is 0 Å². The number of methoxy groups -OCH3 is 1. The van der Waals surface area contributed by atoms with Gasteiger partial charge in [0, 0.05) is 18.2 Å². The molecule has 0 N–H and O–H groups in total. The van der Waals surface area contributed by atoms with Gasteiger partial charge in [-0.05, 0) is 23.6 Å². The van der Waals surface area contributed by atoms with Crippen LogP contribution in [-0.2, 0) is 22.5 Å². The van der Waals surface area contributed by atoms with E-state index in [4.69, 9.17) is 4.74 Å². The molecule has 0 radical (unpaired) electrons. The molecule has 118 valence electrons. The summed E-state index contributed by atoms with van der Waals surface area (Å²) in [5, 5.41) is 0. The predicted molar refractivity (Wildman–Crippen MR) is 86.9 cm³/mol. The smallest absolute Gasteiger partial charge is 0.307 e. The van der Waals surface area contributed by atoms with E-state index in [0.717, 1.165) is 16.7 Å². The summed E-state index contributed by atoms with van der Waals surface area (Å²) < 4.78 is 4.80. The summed E-state index contributed by atoms with van der Waals surface area (Å²) in [5.74, 6) is -0.315. The van der Waals surface area contributed by atoms with Gasteiger partial charge in [0.1, 0.15) is 0 Å². The fraction of sp³-hybridized carbons (Fsp3) is 0.263. The number of carbonyl (C=O) groups excluding carboxylic acids is 2. The Morgan fingerprint density at radius 1 is 1.13 bits per heavy atom. The average molecular weight is 309 g/mol. The molecule has 4 heteroatoms. The third kappa shape index (κ3) is 3.26. The lowest BCUT2D eigenvalue weighted by molar-refractivity contribution is -0.141. The topological polar surface area (TPSA) is 46.6 Å². The number of fused-ring (bicyclic) bond motifs is 1. The highest BCUT2D eigenvalue weighted by Gasteiger charge is 2.33. The van der Waals surface area contributed by atoms with Crippen LogP contribution < -0.4 is 0 Å². The lowest BCUT2D eigenvalue weighted by Crippen LogP contribution is -2.46. The van der Waals surface area contributed by atoms with E-state index in [1.807, 2.05) is 54.6 Å². The van der Waals surface area contributed by atoms with Crippen LogP contribution in [0, 0.1) is 0 Å². The van der Waals surface area contributed by atoms with E-state index in [9.17, 15) is 9.59 Å². The first kappa shape index (κ1) is 15.3. The van der Waals surface area contributed by atoms with E-state index in [0.29, 0.717) is 13.0 Å². The Morgan fingerprint density at radius 3 is 2.57 bits per heavy atom. The second kappa shape index (κ2) is 6.65. The third-order valence-electron chi connectivity index (χ3n) is 4.23. The fourth-order valence-corrected chi connectivity index (χ4v) is 3.03. The van der Waals surface area contributed by atoms with Crippen LogP contribution >= 0.6 is 0 Å². The Balaban J connectivity index is 1.91. The molecule has 3 rings (SSSR count). The molecule has 0 aliphatic carbocycles. The van der Waals surface area contributed by atoms with Crippen LogP contribution in [0.3, 0.4) is 0 Å². The second-order valence-corrected chi connectivity index (χ2v) is 5.71. The lowest BCUT2D eigenvalue weighted by atomic mass is 9.91. The number of amides is 1. The largest absolute Gasteiger partial charge is 0.469 e. The van der Waals surface area contributed by atoms with Crippen molar-refractivity contribution < 1.29 is 14.3 Å². The van der Waals surface area contributed by atoms with E-state index in [1.165, 1.54) is 7.11 Å². The molecule has 1 aliphatic rings. The summed E-state index contributed by atoms with van der Waals surface area (Å²) in [6, 6.07) is 17.3. The zero-order valence-corrected chi connectivity index (χ0v) is 13.1. The zero-order chi connectivity index (χ0) is 16.2. The van der Waals surface area contributed by atoms with E-state index < -0.39 is 0 Å². The summed E-state index contributed by atoms with van der Waals surface area (Å²) in [6.45, 7) is 0.496. The molecule has 0 aromatic heterocycles. The Kier molecular flexibility index (Phi) is 4.42. The molecular weight excluding hydrogens is 290 g/mol. The van der Waals surface area contributed by atoms with E-state index >= 15 is 0 Å². The summed E-state index contributed by atoms with van der Waals surface area (Å²) in [7, 11) is 1.38. The Bertz CT molecular complexity index is 712. The third-order valence-corrected chi connectivity index (χ3v) is 4.23. The highest BCUT2D eigenvalue weighted by atomic mass is 16.5. The van der Waals surface area contributed by atoms with Crippen molar-refractivity contribution in [1.29, 1.82) is 0 Å². The lowest BCUT2D eigenvalue weighted by Gasteiger charge is -2.36. The number of esters is 1. The molecule has 0 fully saturated rings. The van der Waals surface area contributed by atoms with Gasteiger partial charge in [-0.15, -0.1) is 0 Å². The summed E-state index contributed by atoms with van der Waals surface area (Å²) in [5.41, 5.74) is 2.77. The van der Waals surface area contributed by atoms with Gasteiger partial charge >= 0.3 is 5.97 Å². The predicted octanol–water partition coefficient (Wildman–Crippen LogP) is 2.82. The molecule has 1 amide bonds. The van der Waals surface area contributed by atoms with Crippen LogP contribution in [0.2, 0.25) is 0 Å². The molecule has 2 aromatic rings. The SMILES string of the molecule is COC(=O)CC1Cc2ccccc2C(=O)N1Cc1ccccc1. The van der Waals surface area contributed by atoms with Crippen LogP contribution in [0.25, 0.3) is 0 Å². The number of ether oxygens (including phenoxy) is 1. The first-order valence-corrected chi connectivity index (χ1v) is 7.68. The maximum Gasteiger partial charge on any atom is 0.307 e. The van der Waals surface area contributed by atoms with Crippen molar-refractivity contribution in [2.24, 2.45) is 0 Å². The number of rotatable bonds is 4. The summed E-state index contributed by atoms with van der Waals surface area (Å²) >= 11 is 0. The van der Waals surface area contributed by atoms with Crippen LogP contribution in [-0.4, -0.2) is 29.9 Å². The van der Waals surface area contributed by atoms with Gasteiger partial charge in [0.05, 0.1) is 13.5 Å². The van der Waals surface area contributed by atoms with E-state index in [-0.39, 0.29) is 24.3 Å². The normalized spacial score (nSPS) is 16.8. The monoisotopic (exact) mass is 309 g/mol. The van der Waals surface area contributed by atoms with Crippen LogP contribution in [0.4, 0.5) is 0 Å². The number of nitrogens with zero attached hydrogens (tertiary/aromatic N) is 1. The Morgan fingerprint density at radius 2 is 1.83 bits per heavy atom. The number of carbonyl (C=O) groups is 2. The van der Waals surface area contributed by atoms with Crippen molar-refractivity contribution in [2.75, 3.05) is 7.11 Å². The van der Waals surface area contributed by atoms with Gasteiger partial charge in [0.25, 0.3) is 5.91 Å². The highest BCUT2D eigenvalue weighted by Crippen LogP contribution is 2.26. The molecule has 0 saturated heterocycles. The van der Waals surface area contributed by atoms with Crippen molar-refractivity contribution in [2.45, 2.75) is 25.4 Å².